The molecule has 1 fully saturated rings. The Morgan fingerprint density at radius 1 is 1.57 bits per heavy atom. The summed E-state index contributed by atoms with van der Waals surface area (Å²) >= 11 is 0. The summed E-state index contributed by atoms with van der Waals surface area (Å²) < 4.78 is 5.56. The highest BCUT2D eigenvalue weighted by molar-refractivity contribution is 5.95. The summed E-state index contributed by atoms with van der Waals surface area (Å²) in [5.74, 6) is -1.09. The van der Waals surface area contributed by atoms with Crippen molar-refractivity contribution >= 4 is 17.3 Å². The van der Waals surface area contributed by atoms with Gasteiger partial charge >= 0.3 is 5.97 Å². The highest BCUT2D eigenvalue weighted by Crippen LogP contribution is 2.27. The molecule has 21 heavy (non-hydrogen) atoms. The van der Waals surface area contributed by atoms with E-state index in [2.05, 4.69) is 0 Å². The molecular formula is C14H18N2O5. The SMILES string of the molecule is CCN(CC1CCCO1)c1cc([N+](=O)[O-])ccc1C(=O)O. The highest BCUT2D eigenvalue weighted by atomic mass is 16.6. The van der Waals surface area contributed by atoms with Gasteiger partial charge in [-0.1, -0.05) is 0 Å². The fourth-order valence-electron chi connectivity index (χ4n) is 2.51. The van der Waals surface area contributed by atoms with Crippen molar-refractivity contribution in [1.29, 1.82) is 0 Å². The monoisotopic (exact) mass is 294 g/mol. The number of hydrogen-bond acceptors (Lipinski definition) is 5. The number of likely N-dealkylation sites (N-methyl/N-ethyl adjacent to an activating group) is 1. The summed E-state index contributed by atoms with van der Waals surface area (Å²) in [6, 6.07) is 3.82. The second-order valence-electron chi connectivity index (χ2n) is 4.94. The van der Waals surface area contributed by atoms with Gasteiger partial charge in [0.05, 0.1) is 22.3 Å². The van der Waals surface area contributed by atoms with Gasteiger partial charge in [-0.25, -0.2) is 4.79 Å². The molecule has 0 amide bonds. The zero-order chi connectivity index (χ0) is 15.4. The summed E-state index contributed by atoms with van der Waals surface area (Å²) in [6.45, 7) is 3.70. The second-order valence-corrected chi connectivity index (χ2v) is 4.94. The van der Waals surface area contributed by atoms with E-state index in [0.29, 0.717) is 25.4 Å². The molecule has 0 spiro atoms. The van der Waals surface area contributed by atoms with Crippen LogP contribution in [0.5, 0.6) is 0 Å². The number of ether oxygens (including phenoxy) is 1. The van der Waals surface area contributed by atoms with E-state index in [1.165, 1.54) is 18.2 Å². The number of anilines is 1. The van der Waals surface area contributed by atoms with Crippen molar-refractivity contribution in [3.8, 4) is 0 Å². The van der Waals surface area contributed by atoms with Crippen molar-refractivity contribution in [3.63, 3.8) is 0 Å². The van der Waals surface area contributed by atoms with Gasteiger partial charge in [0.1, 0.15) is 0 Å². The van der Waals surface area contributed by atoms with Crippen LogP contribution in [0.1, 0.15) is 30.1 Å². The number of hydrogen-bond donors (Lipinski definition) is 1. The van der Waals surface area contributed by atoms with Crippen LogP contribution in [0.2, 0.25) is 0 Å². The lowest BCUT2D eigenvalue weighted by molar-refractivity contribution is -0.384. The molecule has 0 bridgehead atoms. The average Bonchev–Trinajstić information content (AvgIpc) is 2.96. The van der Waals surface area contributed by atoms with Crippen LogP contribution in [0.4, 0.5) is 11.4 Å². The Morgan fingerprint density at radius 3 is 2.86 bits per heavy atom. The van der Waals surface area contributed by atoms with Crippen LogP contribution in [-0.4, -0.2) is 41.8 Å². The zero-order valence-electron chi connectivity index (χ0n) is 11.8. The first-order valence-corrected chi connectivity index (χ1v) is 6.91. The number of non-ortho nitro benzene ring substituents is 1. The van der Waals surface area contributed by atoms with E-state index in [0.717, 1.165) is 12.8 Å². The maximum atomic E-state index is 11.3. The van der Waals surface area contributed by atoms with E-state index in [1.54, 1.807) is 0 Å². The minimum Gasteiger partial charge on any atom is -0.478 e. The Bertz CT molecular complexity index is 540. The molecular weight excluding hydrogens is 276 g/mol. The third kappa shape index (κ3) is 3.49. The Hall–Kier alpha value is -2.15. The molecule has 0 saturated carbocycles. The van der Waals surface area contributed by atoms with Gasteiger partial charge < -0.3 is 14.7 Å². The van der Waals surface area contributed by atoms with Crippen LogP contribution in [0.25, 0.3) is 0 Å². The molecule has 7 heteroatoms. The average molecular weight is 294 g/mol. The van der Waals surface area contributed by atoms with Gasteiger partial charge in [0.25, 0.3) is 5.69 Å². The predicted molar refractivity (Wildman–Crippen MR) is 76.9 cm³/mol. The van der Waals surface area contributed by atoms with Crippen LogP contribution in [0.15, 0.2) is 18.2 Å². The van der Waals surface area contributed by atoms with Crippen molar-refractivity contribution in [2.24, 2.45) is 0 Å². The smallest absolute Gasteiger partial charge is 0.337 e. The summed E-state index contributed by atoms with van der Waals surface area (Å²) in [6.07, 6.45) is 1.96. The van der Waals surface area contributed by atoms with Crippen molar-refractivity contribution in [1.82, 2.24) is 0 Å². The van der Waals surface area contributed by atoms with Crippen molar-refractivity contribution in [3.05, 3.63) is 33.9 Å². The second kappa shape index (κ2) is 6.53. The predicted octanol–water partition coefficient (Wildman–Crippen LogP) is 2.30. The molecule has 0 aliphatic carbocycles. The lowest BCUT2D eigenvalue weighted by Crippen LogP contribution is -2.33. The van der Waals surface area contributed by atoms with Crippen LogP contribution < -0.4 is 4.90 Å². The summed E-state index contributed by atoms with van der Waals surface area (Å²) in [7, 11) is 0. The topological polar surface area (TPSA) is 92.9 Å². The van der Waals surface area contributed by atoms with Gasteiger partial charge in [-0.15, -0.1) is 0 Å². The fraction of sp³-hybridized carbons (Fsp3) is 0.500. The lowest BCUT2D eigenvalue weighted by atomic mass is 10.1. The van der Waals surface area contributed by atoms with Crippen molar-refractivity contribution in [2.45, 2.75) is 25.9 Å². The quantitative estimate of drug-likeness (QED) is 0.639. The molecule has 1 aromatic rings. The van der Waals surface area contributed by atoms with E-state index in [4.69, 9.17) is 4.74 Å². The molecule has 1 aliphatic rings. The molecule has 114 valence electrons. The van der Waals surface area contributed by atoms with Gasteiger partial charge in [0.2, 0.25) is 0 Å². The van der Waals surface area contributed by atoms with Crippen LogP contribution in [0.3, 0.4) is 0 Å². The first-order valence-electron chi connectivity index (χ1n) is 6.91. The maximum absolute atomic E-state index is 11.3. The molecule has 0 aromatic heterocycles. The van der Waals surface area contributed by atoms with E-state index in [-0.39, 0.29) is 17.4 Å². The number of benzene rings is 1. The van der Waals surface area contributed by atoms with Gasteiger partial charge in [-0.05, 0) is 25.8 Å². The third-order valence-electron chi connectivity index (χ3n) is 3.59. The van der Waals surface area contributed by atoms with Gasteiger partial charge in [0.15, 0.2) is 0 Å². The summed E-state index contributed by atoms with van der Waals surface area (Å²) in [5, 5.41) is 20.2. The van der Waals surface area contributed by atoms with E-state index >= 15 is 0 Å². The number of nitro groups is 1. The highest BCUT2D eigenvalue weighted by Gasteiger charge is 2.23. The zero-order valence-corrected chi connectivity index (χ0v) is 11.8. The standard InChI is InChI=1S/C14H18N2O5/c1-2-15(9-11-4-3-7-21-11)13-8-10(16(19)20)5-6-12(13)14(17)18/h5-6,8,11H,2-4,7,9H2,1H3,(H,17,18). The van der Waals surface area contributed by atoms with Gasteiger partial charge in [0, 0.05) is 31.8 Å². The fourth-order valence-corrected chi connectivity index (χ4v) is 2.51. The number of nitro benzene ring substituents is 1. The van der Waals surface area contributed by atoms with Crippen molar-refractivity contribution in [2.75, 3.05) is 24.6 Å². The van der Waals surface area contributed by atoms with Gasteiger partial charge in [-0.3, -0.25) is 10.1 Å². The lowest BCUT2D eigenvalue weighted by Gasteiger charge is -2.27. The molecule has 1 heterocycles. The number of aromatic carboxylic acids is 1. The van der Waals surface area contributed by atoms with Crippen LogP contribution >= 0.6 is 0 Å². The minimum atomic E-state index is -1.09. The molecule has 1 unspecified atom stereocenters. The van der Waals surface area contributed by atoms with Gasteiger partial charge in [-0.2, -0.15) is 0 Å². The van der Waals surface area contributed by atoms with Crippen LogP contribution in [-0.2, 0) is 4.74 Å². The maximum Gasteiger partial charge on any atom is 0.337 e. The number of carbonyl (C=O) groups is 1. The Labute approximate surface area is 122 Å². The molecule has 7 nitrogen and oxygen atoms in total. The summed E-state index contributed by atoms with van der Waals surface area (Å²) in [5.41, 5.74) is 0.330. The molecule has 1 aliphatic heterocycles. The molecule has 1 N–H and O–H groups in total. The number of carboxylic acids is 1. The Morgan fingerprint density at radius 2 is 2.33 bits per heavy atom. The molecule has 0 radical (unpaired) electrons. The Balaban J connectivity index is 2.33. The first-order chi connectivity index (χ1) is 10.0. The van der Waals surface area contributed by atoms with Crippen molar-refractivity contribution < 1.29 is 19.6 Å². The van der Waals surface area contributed by atoms with E-state index in [1.807, 2.05) is 11.8 Å². The third-order valence-corrected chi connectivity index (χ3v) is 3.59. The van der Waals surface area contributed by atoms with E-state index in [9.17, 15) is 20.0 Å². The summed E-state index contributed by atoms with van der Waals surface area (Å²) in [4.78, 5) is 23.5. The van der Waals surface area contributed by atoms with Crippen LogP contribution in [0, 0.1) is 10.1 Å². The minimum absolute atomic E-state index is 0.0471. The number of nitrogens with zero attached hydrogens (tertiary/aromatic N) is 2. The Kier molecular flexibility index (Phi) is 4.74. The molecule has 1 saturated heterocycles. The van der Waals surface area contributed by atoms with E-state index < -0.39 is 10.9 Å². The number of rotatable bonds is 6. The largest absolute Gasteiger partial charge is 0.478 e. The molecule has 1 aromatic carbocycles. The normalized spacial score (nSPS) is 17.7. The molecule has 2 rings (SSSR count). The first kappa shape index (κ1) is 15.2. The molecule has 1 atom stereocenters. The number of carboxylic acid groups (broad SMARTS) is 1.